The largest absolute Gasteiger partial charge is 0.522 e. The van der Waals surface area contributed by atoms with Gasteiger partial charge in [0.2, 0.25) is 0 Å². The lowest BCUT2D eigenvalue weighted by atomic mass is 10.4. The molecule has 0 aromatic carbocycles. The van der Waals surface area contributed by atoms with Gasteiger partial charge in [-0.05, 0) is 0 Å². The van der Waals surface area contributed by atoms with Gasteiger partial charge in [-0.25, -0.2) is 0 Å². The molecule has 0 spiro atoms. The van der Waals surface area contributed by atoms with E-state index in [1.165, 1.54) is 0 Å². The lowest BCUT2D eigenvalue weighted by Gasteiger charge is -2.25. The molecular weight excluding hydrogens is 191 g/mol. The number of ether oxygens (including phenoxy) is 1. The van der Waals surface area contributed by atoms with E-state index in [1.807, 2.05) is 0 Å². The van der Waals surface area contributed by atoms with Crippen LogP contribution in [0, 0.1) is 0 Å². The number of hydrogen-bond acceptors (Lipinski definition) is 3. The molecule has 72 valence electrons. The first-order valence-electron chi connectivity index (χ1n) is 3.60. The highest BCUT2D eigenvalue weighted by molar-refractivity contribution is 8.00. The molecule has 0 saturated carbocycles. The Morgan fingerprint density at radius 3 is 2.50 bits per heavy atom. The lowest BCUT2D eigenvalue weighted by molar-refractivity contribution is -0.323. The molecule has 0 bridgehead atoms. The molecule has 1 N–H and O–H groups in total. The number of thioether (sulfide) groups is 1. The second kappa shape index (κ2) is 4.34. The molecule has 0 atom stereocenters. The maximum atomic E-state index is 11.4. The Kier molecular flexibility index (Phi) is 3.67. The molecule has 1 fully saturated rings. The fraction of sp³-hybridized carbons (Fsp3) is 1.00. The zero-order valence-corrected chi connectivity index (χ0v) is 7.17. The molecule has 1 aliphatic heterocycles. The van der Waals surface area contributed by atoms with Crippen LogP contribution in [0.25, 0.3) is 0 Å². The molecule has 0 aromatic rings. The summed E-state index contributed by atoms with van der Waals surface area (Å²) in [5, 5.41) is 2.95. The van der Waals surface area contributed by atoms with Crippen molar-refractivity contribution in [3.05, 3.63) is 0 Å². The van der Waals surface area contributed by atoms with E-state index in [0.29, 0.717) is 6.04 Å². The van der Waals surface area contributed by atoms with E-state index < -0.39 is 6.36 Å². The van der Waals surface area contributed by atoms with Crippen LogP contribution in [0.15, 0.2) is 0 Å². The predicted molar refractivity (Wildman–Crippen MR) is 41.1 cm³/mol. The zero-order chi connectivity index (χ0) is 9.03. The number of halogens is 3. The molecule has 0 unspecified atom stereocenters. The van der Waals surface area contributed by atoms with Gasteiger partial charge in [-0.2, -0.15) is 11.8 Å². The zero-order valence-electron chi connectivity index (χ0n) is 6.36. The number of hydrogen-bond donors (Lipinski definition) is 1. The molecule has 1 saturated heterocycles. The third-order valence-corrected chi connectivity index (χ3v) is 2.72. The molecule has 1 heterocycles. The van der Waals surface area contributed by atoms with Crippen LogP contribution in [-0.4, -0.2) is 37.1 Å². The Bertz CT molecular complexity index is 137. The normalized spacial score (nSPS) is 19.2. The van der Waals surface area contributed by atoms with Crippen LogP contribution in [0.3, 0.4) is 0 Å². The van der Waals surface area contributed by atoms with Crippen LogP contribution >= 0.6 is 11.8 Å². The van der Waals surface area contributed by atoms with E-state index in [1.54, 1.807) is 11.8 Å². The maximum absolute atomic E-state index is 11.4. The van der Waals surface area contributed by atoms with E-state index in [0.717, 1.165) is 11.5 Å². The van der Waals surface area contributed by atoms with E-state index in [9.17, 15) is 13.2 Å². The van der Waals surface area contributed by atoms with Crippen molar-refractivity contribution in [3.8, 4) is 0 Å². The summed E-state index contributed by atoms with van der Waals surface area (Å²) in [5.74, 6) is 1.98. The molecule has 12 heavy (non-hydrogen) atoms. The van der Waals surface area contributed by atoms with Crippen LogP contribution in [0.5, 0.6) is 0 Å². The summed E-state index contributed by atoms with van der Waals surface area (Å²) in [6.07, 6.45) is -4.49. The van der Waals surface area contributed by atoms with E-state index >= 15 is 0 Å². The molecule has 1 rings (SSSR count). The molecule has 1 aliphatic rings. The summed E-state index contributed by atoms with van der Waals surface area (Å²) >= 11 is 1.78. The Balaban J connectivity index is 1.88. The van der Waals surface area contributed by atoms with E-state index in [-0.39, 0.29) is 13.2 Å². The summed E-state index contributed by atoms with van der Waals surface area (Å²) < 4.78 is 37.8. The van der Waals surface area contributed by atoms with E-state index in [4.69, 9.17) is 0 Å². The Morgan fingerprint density at radius 1 is 1.42 bits per heavy atom. The van der Waals surface area contributed by atoms with Crippen LogP contribution in [0.2, 0.25) is 0 Å². The van der Waals surface area contributed by atoms with Gasteiger partial charge < -0.3 is 5.32 Å². The van der Waals surface area contributed by atoms with Gasteiger partial charge in [0.05, 0.1) is 6.61 Å². The van der Waals surface area contributed by atoms with Crippen molar-refractivity contribution >= 4 is 11.8 Å². The second-order valence-electron chi connectivity index (χ2n) is 2.48. The highest BCUT2D eigenvalue weighted by Gasteiger charge is 2.28. The third kappa shape index (κ3) is 4.18. The standard InChI is InChI=1S/C6H10F3NOS/c7-6(8,9)11-2-1-10-5-3-12-4-5/h5,10H,1-4H2. The SMILES string of the molecule is FC(F)(F)OCCNC1CSC1. The first-order valence-corrected chi connectivity index (χ1v) is 4.75. The van der Waals surface area contributed by atoms with Gasteiger partial charge in [-0.1, -0.05) is 0 Å². The minimum Gasteiger partial charge on any atom is -0.310 e. The Morgan fingerprint density at radius 2 is 2.08 bits per heavy atom. The topological polar surface area (TPSA) is 21.3 Å². The molecule has 0 amide bonds. The number of alkyl halides is 3. The molecule has 0 aromatic heterocycles. The van der Waals surface area contributed by atoms with Gasteiger partial charge in [0.1, 0.15) is 0 Å². The second-order valence-corrected chi connectivity index (χ2v) is 3.56. The van der Waals surface area contributed by atoms with Crippen LogP contribution in [0.1, 0.15) is 0 Å². The van der Waals surface area contributed by atoms with Crippen LogP contribution < -0.4 is 5.32 Å². The first-order chi connectivity index (χ1) is 5.58. The molecule has 0 aliphatic carbocycles. The van der Waals surface area contributed by atoms with Crippen LogP contribution in [-0.2, 0) is 4.74 Å². The summed E-state index contributed by atoms with van der Waals surface area (Å²) in [6, 6.07) is 0.381. The van der Waals surface area contributed by atoms with Gasteiger partial charge in [-0.15, -0.1) is 13.2 Å². The van der Waals surface area contributed by atoms with Gasteiger partial charge >= 0.3 is 6.36 Å². The van der Waals surface area contributed by atoms with Crippen molar-refractivity contribution in [1.29, 1.82) is 0 Å². The monoisotopic (exact) mass is 201 g/mol. The summed E-state index contributed by atoms with van der Waals surface area (Å²) in [7, 11) is 0. The van der Waals surface area contributed by atoms with Gasteiger partial charge in [0.25, 0.3) is 0 Å². The average Bonchev–Trinajstić information content (AvgIpc) is 1.80. The predicted octanol–water partition coefficient (Wildman–Crippen LogP) is 1.23. The maximum Gasteiger partial charge on any atom is 0.522 e. The van der Waals surface area contributed by atoms with Crippen molar-refractivity contribution in [2.45, 2.75) is 12.4 Å². The van der Waals surface area contributed by atoms with Crippen molar-refractivity contribution in [3.63, 3.8) is 0 Å². The van der Waals surface area contributed by atoms with E-state index in [2.05, 4.69) is 10.1 Å². The van der Waals surface area contributed by atoms with Crippen molar-refractivity contribution in [2.75, 3.05) is 24.7 Å². The minimum absolute atomic E-state index is 0.269. The number of rotatable bonds is 4. The van der Waals surface area contributed by atoms with Gasteiger partial charge in [0, 0.05) is 24.1 Å². The summed E-state index contributed by atoms with van der Waals surface area (Å²) in [5.41, 5.74) is 0. The highest BCUT2D eigenvalue weighted by Crippen LogP contribution is 2.17. The minimum atomic E-state index is -4.49. The highest BCUT2D eigenvalue weighted by atomic mass is 32.2. The molecule has 2 nitrogen and oxygen atoms in total. The Hall–Kier alpha value is 0.0600. The fourth-order valence-electron chi connectivity index (χ4n) is 0.783. The molecular formula is C6H10F3NOS. The van der Waals surface area contributed by atoms with Crippen molar-refractivity contribution in [2.24, 2.45) is 0 Å². The fourth-order valence-corrected chi connectivity index (χ4v) is 1.49. The third-order valence-electron chi connectivity index (χ3n) is 1.44. The molecule has 0 radical (unpaired) electrons. The number of nitrogens with one attached hydrogen (secondary N) is 1. The van der Waals surface area contributed by atoms with Crippen LogP contribution in [0.4, 0.5) is 13.2 Å². The quantitative estimate of drug-likeness (QED) is 0.691. The average molecular weight is 201 g/mol. The summed E-state index contributed by atoms with van der Waals surface area (Å²) in [6.45, 7) is -0.0323. The van der Waals surface area contributed by atoms with Crippen molar-refractivity contribution < 1.29 is 17.9 Å². The van der Waals surface area contributed by atoms with Gasteiger partial charge in [-0.3, -0.25) is 4.74 Å². The smallest absolute Gasteiger partial charge is 0.310 e. The summed E-state index contributed by atoms with van der Waals surface area (Å²) in [4.78, 5) is 0. The lowest BCUT2D eigenvalue weighted by Crippen LogP contribution is -2.42. The molecule has 6 heteroatoms. The van der Waals surface area contributed by atoms with Crippen molar-refractivity contribution in [1.82, 2.24) is 5.32 Å². The first kappa shape index (κ1) is 10.1. The Labute approximate surface area is 72.8 Å². The van der Waals surface area contributed by atoms with Gasteiger partial charge in [0.15, 0.2) is 0 Å².